The third kappa shape index (κ3) is 2.00. The maximum Gasteiger partial charge on any atom is 0.214 e. The van der Waals surface area contributed by atoms with Crippen molar-refractivity contribution in [2.45, 2.75) is 0 Å². The average Bonchev–Trinajstić information content (AvgIpc) is 2.83. The minimum Gasteiger partial charge on any atom is -0.378 e. The Morgan fingerprint density at radius 3 is 2.83 bits per heavy atom. The fourth-order valence-electron chi connectivity index (χ4n) is 1.89. The summed E-state index contributed by atoms with van der Waals surface area (Å²) in [6.45, 7) is 2.93. The van der Waals surface area contributed by atoms with Crippen LogP contribution in [0.2, 0.25) is 0 Å². The molecule has 94 valence electrons. The molecule has 1 aliphatic rings. The first-order chi connectivity index (χ1) is 8.86. The standard InChI is InChI=1S/C10H12N6OS/c18-10-14-13-9(8-7-11-1-2-12-8)16(10)15-3-5-17-6-4-15/h1-2,7H,3-6H2,(H,14,18). The predicted molar refractivity (Wildman–Crippen MR) is 67.2 cm³/mol. The maximum atomic E-state index is 5.34. The van der Waals surface area contributed by atoms with E-state index in [1.807, 2.05) is 4.68 Å². The molecule has 0 atom stereocenters. The smallest absolute Gasteiger partial charge is 0.214 e. The van der Waals surface area contributed by atoms with E-state index in [0.29, 0.717) is 29.5 Å². The van der Waals surface area contributed by atoms with Gasteiger partial charge < -0.3 is 9.75 Å². The molecule has 1 saturated heterocycles. The zero-order valence-corrected chi connectivity index (χ0v) is 10.4. The Hall–Kier alpha value is -1.80. The number of rotatable bonds is 2. The molecule has 1 aliphatic heterocycles. The van der Waals surface area contributed by atoms with E-state index in [4.69, 9.17) is 17.0 Å². The lowest BCUT2D eigenvalue weighted by atomic mass is 10.4. The van der Waals surface area contributed by atoms with Gasteiger partial charge >= 0.3 is 0 Å². The number of ether oxygens (including phenoxy) is 1. The van der Waals surface area contributed by atoms with E-state index >= 15 is 0 Å². The van der Waals surface area contributed by atoms with Gasteiger partial charge in [-0.3, -0.25) is 4.98 Å². The van der Waals surface area contributed by atoms with Gasteiger partial charge in [0.15, 0.2) is 0 Å². The van der Waals surface area contributed by atoms with E-state index in [0.717, 1.165) is 13.1 Å². The van der Waals surface area contributed by atoms with Crippen LogP contribution in [0, 0.1) is 4.77 Å². The third-order valence-corrected chi connectivity index (χ3v) is 2.98. The van der Waals surface area contributed by atoms with Crippen LogP contribution in [0.15, 0.2) is 18.6 Å². The molecule has 3 heterocycles. The first kappa shape index (κ1) is 11.3. The molecule has 0 aliphatic carbocycles. The number of nitrogens with zero attached hydrogens (tertiary/aromatic N) is 5. The van der Waals surface area contributed by atoms with Gasteiger partial charge in [0.05, 0.1) is 32.5 Å². The monoisotopic (exact) mass is 264 g/mol. The number of hydrogen-bond acceptors (Lipinski definition) is 6. The number of aromatic nitrogens is 5. The molecule has 0 bridgehead atoms. The summed E-state index contributed by atoms with van der Waals surface area (Å²) in [4.78, 5) is 8.30. The van der Waals surface area contributed by atoms with E-state index in [-0.39, 0.29) is 0 Å². The predicted octanol–water partition coefficient (Wildman–Crippen LogP) is 0.366. The molecule has 18 heavy (non-hydrogen) atoms. The van der Waals surface area contributed by atoms with Crippen LogP contribution in [-0.2, 0) is 4.74 Å². The Morgan fingerprint density at radius 1 is 1.28 bits per heavy atom. The fraction of sp³-hybridized carbons (Fsp3) is 0.400. The van der Waals surface area contributed by atoms with Crippen molar-refractivity contribution in [1.29, 1.82) is 0 Å². The largest absolute Gasteiger partial charge is 0.378 e. The normalized spacial score (nSPS) is 15.9. The molecule has 1 N–H and O–H groups in total. The Morgan fingerprint density at radius 2 is 2.11 bits per heavy atom. The summed E-state index contributed by atoms with van der Waals surface area (Å²) in [6.07, 6.45) is 4.93. The Bertz CT molecular complexity index is 574. The lowest BCUT2D eigenvalue weighted by Gasteiger charge is -2.29. The summed E-state index contributed by atoms with van der Waals surface area (Å²) < 4.78 is 7.75. The SMILES string of the molecule is S=c1[nH]nc(-c2cnccn2)n1N1CCOCC1. The van der Waals surface area contributed by atoms with E-state index < -0.39 is 0 Å². The van der Waals surface area contributed by atoms with Crippen molar-refractivity contribution in [3.8, 4) is 11.5 Å². The zero-order chi connectivity index (χ0) is 12.4. The minimum absolute atomic E-state index is 0.553. The Balaban J connectivity index is 2.03. The number of H-pyrrole nitrogens is 1. The van der Waals surface area contributed by atoms with Crippen molar-refractivity contribution in [3.05, 3.63) is 23.4 Å². The van der Waals surface area contributed by atoms with Crippen LogP contribution in [0.4, 0.5) is 0 Å². The molecule has 8 heteroatoms. The number of hydrogen-bond donors (Lipinski definition) is 1. The molecule has 1 fully saturated rings. The zero-order valence-electron chi connectivity index (χ0n) is 9.61. The first-order valence-corrected chi connectivity index (χ1v) is 6.04. The molecule has 7 nitrogen and oxygen atoms in total. The number of aromatic amines is 1. The number of morpholine rings is 1. The van der Waals surface area contributed by atoms with Crippen molar-refractivity contribution in [2.75, 3.05) is 31.3 Å². The van der Waals surface area contributed by atoms with Gasteiger partial charge in [0.25, 0.3) is 0 Å². The van der Waals surface area contributed by atoms with E-state index in [1.165, 1.54) is 0 Å². The molecule has 0 unspecified atom stereocenters. The van der Waals surface area contributed by atoms with Gasteiger partial charge in [-0.2, -0.15) is 5.10 Å². The highest BCUT2D eigenvalue weighted by Gasteiger charge is 2.18. The van der Waals surface area contributed by atoms with Crippen LogP contribution in [0.1, 0.15) is 0 Å². The van der Waals surface area contributed by atoms with Crippen LogP contribution in [-0.4, -0.2) is 51.1 Å². The molecular formula is C10H12N6OS. The molecule has 2 aromatic rings. The summed E-state index contributed by atoms with van der Waals surface area (Å²) in [5, 5.41) is 9.12. The van der Waals surface area contributed by atoms with Crippen molar-refractivity contribution in [3.63, 3.8) is 0 Å². The van der Waals surface area contributed by atoms with Gasteiger partial charge in [-0.15, -0.1) is 0 Å². The molecule has 0 amide bonds. The second-order valence-electron chi connectivity index (χ2n) is 3.82. The quantitative estimate of drug-likeness (QED) is 0.790. The topological polar surface area (TPSA) is 71.9 Å². The highest BCUT2D eigenvalue weighted by molar-refractivity contribution is 7.71. The van der Waals surface area contributed by atoms with Gasteiger partial charge in [-0.05, 0) is 12.2 Å². The van der Waals surface area contributed by atoms with E-state index in [1.54, 1.807) is 18.6 Å². The van der Waals surface area contributed by atoms with E-state index in [2.05, 4.69) is 25.2 Å². The lowest BCUT2D eigenvalue weighted by Crippen LogP contribution is -2.44. The van der Waals surface area contributed by atoms with Crippen LogP contribution in [0.25, 0.3) is 11.5 Å². The highest BCUT2D eigenvalue weighted by Crippen LogP contribution is 2.14. The van der Waals surface area contributed by atoms with E-state index in [9.17, 15) is 0 Å². The molecule has 0 saturated carbocycles. The fourth-order valence-corrected chi connectivity index (χ4v) is 2.14. The second-order valence-corrected chi connectivity index (χ2v) is 4.21. The van der Waals surface area contributed by atoms with Gasteiger partial charge in [0.2, 0.25) is 10.6 Å². The molecular weight excluding hydrogens is 252 g/mol. The Kier molecular flexibility index (Phi) is 3.03. The number of nitrogens with one attached hydrogen (secondary N) is 1. The average molecular weight is 264 g/mol. The van der Waals surface area contributed by atoms with Gasteiger partial charge in [0, 0.05) is 12.4 Å². The molecule has 0 aromatic carbocycles. The van der Waals surface area contributed by atoms with Crippen LogP contribution in [0.3, 0.4) is 0 Å². The third-order valence-electron chi connectivity index (χ3n) is 2.71. The van der Waals surface area contributed by atoms with Gasteiger partial charge in [0.1, 0.15) is 5.69 Å². The van der Waals surface area contributed by atoms with Crippen molar-refractivity contribution < 1.29 is 4.74 Å². The summed E-state index contributed by atoms with van der Waals surface area (Å²) in [7, 11) is 0. The Labute approximate surface area is 108 Å². The molecule has 3 rings (SSSR count). The molecule has 2 aromatic heterocycles. The lowest BCUT2D eigenvalue weighted by molar-refractivity contribution is 0.111. The van der Waals surface area contributed by atoms with Crippen molar-refractivity contribution in [2.24, 2.45) is 0 Å². The van der Waals surface area contributed by atoms with Crippen molar-refractivity contribution >= 4 is 12.2 Å². The molecule has 0 radical (unpaired) electrons. The summed E-state index contributed by atoms with van der Waals surface area (Å²) in [5.74, 6) is 0.676. The molecule has 0 spiro atoms. The summed E-state index contributed by atoms with van der Waals surface area (Å²) in [5.41, 5.74) is 0.691. The summed E-state index contributed by atoms with van der Waals surface area (Å²) in [6, 6.07) is 0. The maximum absolute atomic E-state index is 5.34. The van der Waals surface area contributed by atoms with Gasteiger partial charge in [-0.1, -0.05) is 0 Å². The summed E-state index contributed by atoms with van der Waals surface area (Å²) >= 11 is 5.27. The van der Waals surface area contributed by atoms with Crippen LogP contribution in [0.5, 0.6) is 0 Å². The van der Waals surface area contributed by atoms with Crippen LogP contribution < -0.4 is 5.01 Å². The second kappa shape index (κ2) is 4.83. The van der Waals surface area contributed by atoms with Crippen molar-refractivity contribution in [1.82, 2.24) is 24.8 Å². The highest BCUT2D eigenvalue weighted by atomic mass is 32.1. The van der Waals surface area contributed by atoms with Crippen LogP contribution >= 0.6 is 12.2 Å². The minimum atomic E-state index is 0.553. The van der Waals surface area contributed by atoms with Gasteiger partial charge in [-0.25, -0.2) is 14.8 Å². The first-order valence-electron chi connectivity index (χ1n) is 5.63.